The quantitative estimate of drug-likeness (QED) is 0.214. The summed E-state index contributed by atoms with van der Waals surface area (Å²) in [6.45, 7) is 4.81. The van der Waals surface area contributed by atoms with E-state index in [2.05, 4.69) is 25.1 Å². The van der Waals surface area contributed by atoms with E-state index in [1.807, 2.05) is 0 Å². The van der Waals surface area contributed by atoms with Crippen molar-refractivity contribution in [1.82, 2.24) is 0 Å². The maximum atomic E-state index is 8.59. The molecular weight excluding hydrogens is 282 g/mol. The molecule has 0 spiro atoms. The van der Waals surface area contributed by atoms with Gasteiger partial charge in [-0.3, -0.25) is 0 Å². The van der Waals surface area contributed by atoms with Crippen molar-refractivity contribution in [3.05, 3.63) is 12.2 Å². The molecule has 1 atom stereocenters. The highest BCUT2D eigenvalue weighted by atomic mass is 16.5. The molecule has 0 fully saturated rings. The van der Waals surface area contributed by atoms with E-state index >= 15 is 0 Å². The Labute approximate surface area is 145 Å². The fraction of sp³-hybridized carbons (Fsp3) is 0.857. The fourth-order valence-electron chi connectivity index (χ4n) is 2.65. The minimum absolute atomic E-state index is 0.252. The second-order valence-corrected chi connectivity index (χ2v) is 6.58. The lowest BCUT2D eigenvalue weighted by Gasteiger charge is -2.04. The first-order valence-electron chi connectivity index (χ1n) is 9.97. The van der Waals surface area contributed by atoms with Gasteiger partial charge in [-0.25, -0.2) is 0 Å². The van der Waals surface area contributed by atoms with Crippen LogP contribution in [0.5, 0.6) is 0 Å². The molecule has 0 heterocycles. The molecule has 0 aliphatic heterocycles. The molecule has 0 aromatic carbocycles. The molecule has 2 heteroatoms. The lowest BCUT2D eigenvalue weighted by atomic mass is 10.1. The monoisotopic (exact) mass is 321 g/mol. The summed E-state index contributed by atoms with van der Waals surface area (Å²) in [4.78, 5) is 0. The number of allylic oxidation sites excluding steroid dienone is 2. The lowest BCUT2D eigenvalue weighted by Crippen LogP contribution is -2.05. The van der Waals surface area contributed by atoms with Crippen molar-refractivity contribution >= 4 is 0 Å². The van der Waals surface area contributed by atoms with E-state index in [4.69, 9.17) is 10.00 Å². The number of nitrogens with zero attached hydrogens (tertiary/aromatic N) is 1. The molecule has 0 bridgehead atoms. The molecular formula is C21H39NO. The van der Waals surface area contributed by atoms with E-state index in [0.29, 0.717) is 0 Å². The largest absolute Gasteiger partial charge is 0.364 e. The molecule has 0 saturated carbocycles. The maximum Gasteiger partial charge on any atom is 0.141 e. The summed E-state index contributed by atoms with van der Waals surface area (Å²) in [6, 6.07) is 2.09. The van der Waals surface area contributed by atoms with Gasteiger partial charge in [0.05, 0.1) is 6.07 Å². The summed E-state index contributed by atoms with van der Waals surface area (Å²) in [5.41, 5.74) is 0. The molecule has 23 heavy (non-hydrogen) atoms. The van der Waals surface area contributed by atoms with Gasteiger partial charge in [0.15, 0.2) is 0 Å². The third kappa shape index (κ3) is 19.1. The Kier molecular flexibility index (Phi) is 18.6. The van der Waals surface area contributed by atoms with Crippen molar-refractivity contribution in [3.63, 3.8) is 0 Å². The molecule has 0 N–H and O–H groups in total. The van der Waals surface area contributed by atoms with Crippen LogP contribution in [0.3, 0.4) is 0 Å². The van der Waals surface area contributed by atoms with E-state index in [1.54, 1.807) is 6.92 Å². The minimum Gasteiger partial charge on any atom is -0.364 e. The zero-order valence-electron chi connectivity index (χ0n) is 15.7. The van der Waals surface area contributed by atoms with E-state index in [1.165, 1.54) is 83.5 Å². The highest BCUT2D eigenvalue weighted by molar-refractivity contribution is 4.81. The van der Waals surface area contributed by atoms with Gasteiger partial charge in [0.25, 0.3) is 0 Å². The van der Waals surface area contributed by atoms with Crippen LogP contribution in [0.25, 0.3) is 0 Å². The highest BCUT2D eigenvalue weighted by Crippen LogP contribution is 2.10. The number of nitriles is 1. The second kappa shape index (κ2) is 19.2. The first-order chi connectivity index (χ1) is 11.3. The fourth-order valence-corrected chi connectivity index (χ4v) is 2.65. The molecule has 0 saturated heterocycles. The van der Waals surface area contributed by atoms with Crippen LogP contribution >= 0.6 is 0 Å². The standard InChI is InChI=1S/C21H39NO/c1-3-4-5-6-7-8-9-10-11-12-13-14-15-16-17-18-19-23-21(2)20-22/h10-11,21H,3-9,12-19H2,1-2H3/b11-10-. The number of unbranched alkanes of at least 4 members (excludes halogenated alkanes) is 12. The molecule has 1 unspecified atom stereocenters. The Hall–Kier alpha value is -0.810. The first-order valence-corrected chi connectivity index (χ1v) is 9.97. The second-order valence-electron chi connectivity index (χ2n) is 6.58. The molecule has 0 aliphatic carbocycles. The molecule has 134 valence electrons. The smallest absolute Gasteiger partial charge is 0.141 e. The van der Waals surface area contributed by atoms with E-state index in [9.17, 15) is 0 Å². The molecule has 0 aromatic heterocycles. The molecule has 0 radical (unpaired) electrons. The van der Waals surface area contributed by atoms with Crippen molar-refractivity contribution in [2.45, 2.75) is 110 Å². The van der Waals surface area contributed by atoms with E-state index < -0.39 is 0 Å². The van der Waals surface area contributed by atoms with Crippen LogP contribution in [0.2, 0.25) is 0 Å². The van der Waals surface area contributed by atoms with Gasteiger partial charge in [0.1, 0.15) is 6.10 Å². The SMILES string of the molecule is CCCCCCCC/C=C\CCCCCCCCOC(C)C#N. The molecule has 0 aliphatic rings. The summed E-state index contributed by atoms with van der Waals surface area (Å²) in [6.07, 6.45) is 23.0. The molecule has 0 aromatic rings. The average Bonchev–Trinajstić information content (AvgIpc) is 2.57. The topological polar surface area (TPSA) is 33.0 Å². The Morgan fingerprint density at radius 2 is 1.26 bits per heavy atom. The summed E-state index contributed by atoms with van der Waals surface area (Å²) in [5.74, 6) is 0. The summed E-state index contributed by atoms with van der Waals surface area (Å²) in [5, 5.41) is 8.59. The van der Waals surface area contributed by atoms with Crippen LogP contribution in [0.15, 0.2) is 12.2 Å². The van der Waals surface area contributed by atoms with Gasteiger partial charge in [-0.05, 0) is 39.0 Å². The van der Waals surface area contributed by atoms with Gasteiger partial charge < -0.3 is 4.74 Å². The third-order valence-corrected chi connectivity index (χ3v) is 4.21. The van der Waals surface area contributed by atoms with Crippen LogP contribution in [0.1, 0.15) is 104 Å². The number of rotatable bonds is 17. The number of ether oxygens (including phenoxy) is 1. The maximum absolute atomic E-state index is 8.59. The first kappa shape index (κ1) is 22.2. The van der Waals surface area contributed by atoms with Gasteiger partial charge in [-0.2, -0.15) is 5.26 Å². The predicted octanol–water partition coefficient (Wildman–Crippen LogP) is 6.95. The Balaban J connectivity index is 3.09. The highest BCUT2D eigenvalue weighted by Gasteiger charge is 1.97. The summed E-state index contributed by atoms with van der Waals surface area (Å²) < 4.78 is 5.34. The van der Waals surface area contributed by atoms with E-state index in [-0.39, 0.29) is 6.10 Å². The number of hydrogen-bond acceptors (Lipinski definition) is 2. The van der Waals surface area contributed by atoms with Crippen LogP contribution in [-0.2, 0) is 4.74 Å². The summed E-state index contributed by atoms with van der Waals surface area (Å²) >= 11 is 0. The van der Waals surface area contributed by atoms with E-state index in [0.717, 1.165) is 13.0 Å². The van der Waals surface area contributed by atoms with Gasteiger partial charge in [0, 0.05) is 6.61 Å². The Morgan fingerprint density at radius 3 is 1.78 bits per heavy atom. The zero-order chi connectivity index (χ0) is 17.0. The van der Waals surface area contributed by atoms with Crippen LogP contribution in [-0.4, -0.2) is 12.7 Å². The van der Waals surface area contributed by atoms with Crippen LogP contribution < -0.4 is 0 Å². The predicted molar refractivity (Wildman–Crippen MR) is 100 cm³/mol. The van der Waals surface area contributed by atoms with Crippen molar-refractivity contribution in [1.29, 1.82) is 5.26 Å². The van der Waals surface area contributed by atoms with Gasteiger partial charge in [-0.1, -0.05) is 76.9 Å². The number of hydrogen-bond donors (Lipinski definition) is 0. The van der Waals surface area contributed by atoms with Crippen LogP contribution in [0, 0.1) is 11.3 Å². The molecule has 0 amide bonds. The van der Waals surface area contributed by atoms with Crippen LogP contribution in [0.4, 0.5) is 0 Å². The van der Waals surface area contributed by atoms with Crippen molar-refractivity contribution < 1.29 is 4.74 Å². The molecule has 2 nitrogen and oxygen atoms in total. The summed E-state index contributed by atoms with van der Waals surface area (Å²) in [7, 11) is 0. The average molecular weight is 322 g/mol. The van der Waals surface area contributed by atoms with Gasteiger partial charge >= 0.3 is 0 Å². The third-order valence-electron chi connectivity index (χ3n) is 4.21. The van der Waals surface area contributed by atoms with Crippen molar-refractivity contribution in [3.8, 4) is 6.07 Å². The minimum atomic E-state index is -0.252. The van der Waals surface area contributed by atoms with Gasteiger partial charge in [-0.15, -0.1) is 0 Å². The lowest BCUT2D eigenvalue weighted by molar-refractivity contribution is 0.0984. The normalized spacial score (nSPS) is 12.6. The van der Waals surface area contributed by atoms with Crippen molar-refractivity contribution in [2.24, 2.45) is 0 Å². The van der Waals surface area contributed by atoms with Crippen molar-refractivity contribution in [2.75, 3.05) is 6.61 Å². The Bertz CT molecular complexity index is 293. The van der Waals surface area contributed by atoms with Gasteiger partial charge in [0.2, 0.25) is 0 Å². The zero-order valence-corrected chi connectivity index (χ0v) is 15.7. The molecule has 0 rings (SSSR count). The Morgan fingerprint density at radius 1 is 0.783 bits per heavy atom.